The van der Waals surface area contributed by atoms with Gasteiger partial charge in [-0.1, -0.05) is 24.3 Å². The summed E-state index contributed by atoms with van der Waals surface area (Å²) in [6, 6.07) is 9.76. The molecule has 0 bridgehead atoms. The zero-order valence-electron chi connectivity index (χ0n) is 16.0. The molecule has 1 aromatic heterocycles. The van der Waals surface area contributed by atoms with E-state index in [4.69, 9.17) is 4.74 Å². The number of amides is 2. The van der Waals surface area contributed by atoms with E-state index in [9.17, 15) is 9.59 Å². The standard InChI is InChI=1S/C21H27N3O3/c1-15-11-19(23-13-15)21(26)24-9-10-27-14-18(24)12-20(25)22-8-7-17-6-4-3-5-16(17)2/h3-6,11,13,18,23H,7-10,12,14H2,1-2H3,(H,22,25). The van der Waals surface area contributed by atoms with E-state index in [0.717, 1.165) is 12.0 Å². The Morgan fingerprint density at radius 3 is 2.85 bits per heavy atom. The van der Waals surface area contributed by atoms with Crippen LogP contribution in [0.4, 0.5) is 0 Å². The van der Waals surface area contributed by atoms with Crippen molar-refractivity contribution in [2.45, 2.75) is 32.7 Å². The van der Waals surface area contributed by atoms with Gasteiger partial charge in [0.25, 0.3) is 5.91 Å². The Kier molecular flexibility index (Phi) is 6.29. The van der Waals surface area contributed by atoms with Gasteiger partial charge in [-0.05, 0) is 43.0 Å². The van der Waals surface area contributed by atoms with E-state index in [2.05, 4.69) is 29.4 Å². The van der Waals surface area contributed by atoms with Crippen molar-refractivity contribution in [2.75, 3.05) is 26.3 Å². The van der Waals surface area contributed by atoms with E-state index in [0.29, 0.717) is 32.0 Å². The molecule has 1 saturated heterocycles. The second kappa shape index (κ2) is 8.86. The predicted octanol–water partition coefficient (Wildman–Crippen LogP) is 2.22. The first-order chi connectivity index (χ1) is 13.0. The average molecular weight is 369 g/mol. The van der Waals surface area contributed by atoms with Crippen molar-refractivity contribution in [1.29, 1.82) is 0 Å². The number of aromatic amines is 1. The van der Waals surface area contributed by atoms with Crippen LogP contribution in [0, 0.1) is 13.8 Å². The fraction of sp³-hybridized carbons (Fsp3) is 0.429. The van der Waals surface area contributed by atoms with E-state index >= 15 is 0 Å². The van der Waals surface area contributed by atoms with Crippen LogP contribution in [-0.4, -0.2) is 54.0 Å². The molecular weight excluding hydrogens is 342 g/mol. The van der Waals surface area contributed by atoms with Crippen LogP contribution in [0.25, 0.3) is 0 Å². The first-order valence-corrected chi connectivity index (χ1v) is 9.39. The van der Waals surface area contributed by atoms with Gasteiger partial charge in [0.1, 0.15) is 5.69 Å². The minimum absolute atomic E-state index is 0.0560. The Balaban J connectivity index is 1.53. The summed E-state index contributed by atoms with van der Waals surface area (Å²) in [6.07, 6.45) is 2.85. The lowest BCUT2D eigenvalue weighted by atomic mass is 10.1. The molecule has 1 aromatic carbocycles. The zero-order chi connectivity index (χ0) is 19.2. The summed E-state index contributed by atoms with van der Waals surface area (Å²) in [5.41, 5.74) is 4.03. The molecule has 1 unspecified atom stereocenters. The maximum absolute atomic E-state index is 12.7. The second-order valence-corrected chi connectivity index (χ2v) is 7.05. The van der Waals surface area contributed by atoms with Gasteiger partial charge in [0.2, 0.25) is 5.91 Å². The number of nitrogens with one attached hydrogen (secondary N) is 2. The summed E-state index contributed by atoms with van der Waals surface area (Å²) in [4.78, 5) is 29.9. The van der Waals surface area contributed by atoms with Crippen LogP contribution in [-0.2, 0) is 16.0 Å². The summed E-state index contributed by atoms with van der Waals surface area (Å²) in [6.45, 7) is 5.97. The topological polar surface area (TPSA) is 74.4 Å². The number of carbonyl (C=O) groups is 2. The molecule has 2 aromatic rings. The van der Waals surface area contributed by atoms with Crippen molar-refractivity contribution >= 4 is 11.8 Å². The van der Waals surface area contributed by atoms with Gasteiger partial charge in [0.15, 0.2) is 0 Å². The number of nitrogens with zero attached hydrogens (tertiary/aromatic N) is 1. The average Bonchev–Trinajstić information content (AvgIpc) is 3.09. The highest BCUT2D eigenvalue weighted by Gasteiger charge is 2.30. The molecule has 1 atom stereocenters. The Bertz CT molecular complexity index is 799. The Morgan fingerprint density at radius 2 is 2.11 bits per heavy atom. The molecule has 1 fully saturated rings. The third-order valence-corrected chi connectivity index (χ3v) is 4.94. The minimum Gasteiger partial charge on any atom is -0.377 e. The second-order valence-electron chi connectivity index (χ2n) is 7.05. The number of morpholine rings is 1. The molecule has 6 heteroatoms. The summed E-state index contributed by atoms with van der Waals surface area (Å²) >= 11 is 0. The summed E-state index contributed by atoms with van der Waals surface area (Å²) in [5.74, 6) is -0.135. The quantitative estimate of drug-likeness (QED) is 0.820. The number of aromatic nitrogens is 1. The number of hydrogen-bond donors (Lipinski definition) is 2. The lowest BCUT2D eigenvalue weighted by Gasteiger charge is -2.35. The highest BCUT2D eigenvalue weighted by molar-refractivity contribution is 5.93. The molecule has 2 amide bonds. The van der Waals surface area contributed by atoms with E-state index in [1.54, 1.807) is 11.1 Å². The summed E-state index contributed by atoms with van der Waals surface area (Å²) in [5, 5.41) is 2.97. The minimum atomic E-state index is -0.242. The molecule has 2 heterocycles. The molecule has 0 spiro atoms. The van der Waals surface area contributed by atoms with Gasteiger partial charge in [0.05, 0.1) is 19.3 Å². The Hall–Kier alpha value is -2.60. The molecular formula is C21H27N3O3. The normalized spacial score (nSPS) is 17.0. The van der Waals surface area contributed by atoms with Gasteiger partial charge in [-0.15, -0.1) is 0 Å². The molecule has 144 valence electrons. The molecule has 6 nitrogen and oxygen atoms in total. The van der Waals surface area contributed by atoms with Crippen LogP contribution < -0.4 is 5.32 Å². The van der Waals surface area contributed by atoms with Crippen LogP contribution in [0.3, 0.4) is 0 Å². The van der Waals surface area contributed by atoms with Crippen molar-refractivity contribution in [3.8, 4) is 0 Å². The first kappa shape index (κ1) is 19.2. The number of carbonyl (C=O) groups excluding carboxylic acids is 2. The number of H-pyrrole nitrogens is 1. The monoisotopic (exact) mass is 369 g/mol. The molecule has 3 rings (SSSR count). The van der Waals surface area contributed by atoms with Crippen LogP contribution >= 0.6 is 0 Å². The van der Waals surface area contributed by atoms with E-state index < -0.39 is 0 Å². The lowest BCUT2D eigenvalue weighted by Crippen LogP contribution is -2.50. The molecule has 2 N–H and O–H groups in total. The summed E-state index contributed by atoms with van der Waals surface area (Å²) in [7, 11) is 0. The van der Waals surface area contributed by atoms with E-state index in [1.807, 2.05) is 25.1 Å². The third kappa shape index (κ3) is 4.98. The molecule has 0 radical (unpaired) electrons. The Morgan fingerprint density at radius 1 is 1.30 bits per heavy atom. The highest BCUT2D eigenvalue weighted by Crippen LogP contribution is 2.15. The van der Waals surface area contributed by atoms with Gasteiger partial charge in [-0.3, -0.25) is 9.59 Å². The van der Waals surface area contributed by atoms with Gasteiger partial charge in [-0.25, -0.2) is 0 Å². The fourth-order valence-electron chi connectivity index (χ4n) is 3.39. The van der Waals surface area contributed by atoms with Crippen LogP contribution in [0.2, 0.25) is 0 Å². The number of aryl methyl sites for hydroxylation is 2. The van der Waals surface area contributed by atoms with Crippen LogP contribution in [0.5, 0.6) is 0 Å². The van der Waals surface area contributed by atoms with Gasteiger partial charge in [-0.2, -0.15) is 0 Å². The van der Waals surface area contributed by atoms with Crippen molar-refractivity contribution in [2.24, 2.45) is 0 Å². The van der Waals surface area contributed by atoms with Crippen molar-refractivity contribution in [3.05, 3.63) is 58.9 Å². The molecule has 0 aliphatic carbocycles. The number of hydrogen-bond acceptors (Lipinski definition) is 3. The molecule has 0 saturated carbocycles. The maximum atomic E-state index is 12.7. The number of ether oxygens (including phenoxy) is 1. The molecule has 27 heavy (non-hydrogen) atoms. The third-order valence-electron chi connectivity index (χ3n) is 4.94. The zero-order valence-corrected chi connectivity index (χ0v) is 16.0. The SMILES string of the molecule is Cc1c[nH]c(C(=O)N2CCOCC2CC(=O)NCCc2ccccc2C)c1. The number of benzene rings is 1. The van der Waals surface area contributed by atoms with Crippen molar-refractivity contribution < 1.29 is 14.3 Å². The van der Waals surface area contributed by atoms with Crippen molar-refractivity contribution in [1.82, 2.24) is 15.2 Å². The molecule has 1 aliphatic rings. The van der Waals surface area contributed by atoms with Gasteiger partial charge >= 0.3 is 0 Å². The number of rotatable bonds is 6. The smallest absolute Gasteiger partial charge is 0.270 e. The first-order valence-electron chi connectivity index (χ1n) is 9.39. The van der Waals surface area contributed by atoms with Crippen molar-refractivity contribution in [3.63, 3.8) is 0 Å². The van der Waals surface area contributed by atoms with Gasteiger partial charge < -0.3 is 19.9 Å². The predicted molar refractivity (Wildman–Crippen MR) is 104 cm³/mol. The lowest BCUT2D eigenvalue weighted by molar-refractivity contribution is -0.123. The van der Waals surface area contributed by atoms with E-state index in [1.165, 1.54) is 11.1 Å². The largest absolute Gasteiger partial charge is 0.377 e. The fourth-order valence-corrected chi connectivity index (χ4v) is 3.39. The summed E-state index contributed by atoms with van der Waals surface area (Å²) < 4.78 is 5.51. The molecule has 1 aliphatic heterocycles. The van der Waals surface area contributed by atoms with Gasteiger partial charge in [0, 0.05) is 25.7 Å². The maximum Gasteiger partial charge on any atom is 0.270 e. The highest BCUT2D eigenvalue weighted by atomic mass is 16.5. The van der Waals surface area contributed by atoms with Crippen LogP contribution in [0.15, 0.2) is 36.5 Å². The van der Waals surface area contributed by atoms with E-state index in [-0.39, 0.29) is 24.3 Å². The Labute approximate surface area is 159 Å². The van der Waals surface area contributed by atoms with Crippen LogP contribution in [0.1, 0.15) is 33.6 Å².